The lowest BCUT2D eigenvalue weighted by molar-refractivity contribution is 0.610. The maximum Gasteiger partial charge on any atom is 0.0386 e. The third kappa shape index (κ3) is 4.48. The molecule has 0 aliphatic heterocycles. The molecule has 96 valence electrons. The molecule has 18 heavy (non-hydrogen) atoms. The van der Waals surface area contributed by atoms with Crippen molar-refractivity contribution >= 4 is 23.1 Å². The molecule has 0 bridgehead atoms. The normalized spacial score (nSPS) is 12.5. The molecular weight excluding hydrogens is 258 g/mol. The summed E-state index contributed by atoms with van der Waals surface area (Å²) >= 11 is 3.81. The van der Waals surface area contributed by atoms with Crippen LogP contribution in [0.2, 0.25) is 0 Å². The molecule has 1 heterocycles. The lowest BCUT2D eigenvalue weighted by atomic mass is 10.2. The van der Waals surface area contributed by atoms with Gasteiger partial charge in [0.15, 0.2) is 0 Å². The van der Waals surface area contributed by atoms with Crippen LogP contribution in [0, 0.1) is 0 Å². The molecule has 3 heteroatoms. The first-order chi connectivity index (χ1) is 8.86. The van der Waals surface area contributed by atoms with E-state index in [-0.39, 0.29) is 0 Å². The first kappa shape index (κ1) is 13.7. The van der Waals surface area contributed by atoms with Crippen molar-refractivity contribution in [3.63, 3.8) is 0 Å². The Morgan fingerprint density at radius 3 is 2.72 bits per heavy atom. The molecule has 1 atom stereocenters. The minimum Gasteiger partial charge on any atom is -0.309 e. The van der Waals surface area contributed by atoms with Gasteiger partial charge in [-0.05, 0) is 23.9 Å². The third-order valence-corrected chi connectivity index (χ3v) is 4.86. The van der Waals surface area contributed by atoms with Gasteiger partial charge < -0.3 is 5.32 Å². The second kappa shape index (κ2) is 7.62. The molecule has 0 saturated heterocycles. The molecule has 1 aromatic heterocycles. The maximum atomic E-state index is 3.56. The number of hydrogen-bond donors (Lipinski definition) is 1. The molecule has 2 aromatic rings. The summed E-state index contributed by atoms with van der Waals surface area (Å²) in [7, 11) is 0. The molecule has 0 amide bonds. The van der Waals surface area contributed by atoms with E-state index in [0.29, 0.717) is 6.04 Å². The van der Waals surface area contributed by atoms with Gasteiger partial charge in [-0.1, -0.05) is 36.4 Å². The van der Waals surface area contributed by atoms with Crippen molar-refractivity contribution in [2.75, 3.05) is 12.3 Å². The molecule has 0 aliphatic carbocycles. The van der Waals surface area contributed by atoms with Crippen LogP contribution in [0.3, 0.4) is 0 Å². The van der Waals surface area contributed by atoms with Crippen LogP contribution in [0.5, 0.6) is 0 Å². The molecule has 1 N–H and O–H groups in total. The predicted molar refractivity (Wildman–Crippen MR) is 83.3 cm³/mol. The van der Waals surface area contributed by atoms with Gasteiger partial charge in [-0.25, -0.2) is 0 Å². The lowest BCUT2D eigenvalue weighted by Crippen LogP contribution is -2.20. The van der Waals surface area contributed by atoms with Crippen molar-refractivity contribution < 1.29 is 0 Å². The van der Waals surface area contributed by atoms with Crippen molar-refractivity contribution in [2.24, 2.45) is 0 Å². The second-order valence-electron chi connectivity index (χ2n) is 4.23. The summed E-state index contributed by atoms with van der Waals surface area (Å²) in [6, 6.07) is 15.4. The van der Waals surface area contributed by atoms with Crippen LogP contribution < -0.4 is 5.32 Å². The highest BCUT2D eigenvalue weighted by molar-refractivity contribution is 7.98. The summed E-state index contributed by atoms with van der Waals surface area (Å²) in [5.41, 5.74) is 1.41. The number of hydrogen-bond acceptors (Lipinski definition) is 3. The van der Waals surface area contributed by atoms with E-state index in [1.807, 2.05) is 23.1 Å². The summed E-state index contributed by atoms with van der Waals surface area (Å²) in [5.74, 6) is 2.26. The largest absolute Gasteiger partial charge is 0.309 e. The van der Waals surface area contributed by atoms with Gasteiger partial charge in [0.1, 0.15) is 0 Å². The van der Waals surface area contributed by atoms with Crippen LogP contribution in [0.1, 0.15) is 23.4 Å². The summed E-state index contributed by atoms with van der Waals surface area (Å²) in [6.07, 6.45) is 0. The smallest absolute Gasteiger partial charge is 0.0386 e. The Balaban J connectivity index is 1.59. The number of thiophene rings is 1. The summed E-state index contributed by atoms with van der Waals surface area (Å²) < 4.78 is 0. The molecule has 1 nitrogen and oxygen atoms in total. The Kier molecular flexibility index (Phi) is 5.78. The van der Waals surface area contributed by atoms with Crippen molar-refractivity contribution in [3.8, 4) is 0 Å². The monoisotopic (exact) mass is 277 g/mol. The topological polar surface area (TPSA) is 12.0 Å². The van der Waals surface area contributed by atoms with E-state index < -0.39 is 0 Å². The zero-order chi connectivity index (χ0) is 12.6. The van der Waals surface area contributed by atoms with Crippen molar-refractivity contribution in [1.29, 1.82) is 0 Å². The first-order valence-corrected chi connectivity index (χ1v) is 8.28. The summed E-state index contributed by atoms with van der Waals surface area (Å²) in [4.78, 5) is 1.42. The Bertz CT molecular complexity index is 425. The van der Waals surface area contributed by atoms with Gasteiger partial charge in [-0.15, -0.1) is 11.3 Å². The average molecular weight is 277 g/mol. The number of benzene rings is 1. The number of thioether (sulfide) groups is 1. The fourth-order valence-electron chi connectivity index (χ4n) is 1.75. The molecular formula is C15H19NS2. The van der Waals surface area contributed by atoms with Crippen molar-refractivity contribution in [3.05, 3.63) is 58.3 Å². The molecule has 1 unspecified atom stereocenters. The van der Waals surface area contributed by atoms with Crippen LogP contribution in [-0.4, -0.2) is 12.3 Å². The minimum absolute atomic E-state index is 0.474. The molecule has 1 aromatic carbocycles. The van der Waals surface area contributed by atoms with E-state index in [1.54, 1.807) is 0 Å². The summed E-state index contributed by atoms with van der Waals surface area (Å²) in [6.45, 7) is 3.30. The van der Waals surface area contributed by atoms with E-state index in [2.05, 4.69) is 60.1 Å². The van der Waals surface area contributed by atoms with Crippen LogP contribution in [-0.2, 0) is 5.75 Å². The quantitative estimate of drug-likeness (QED) is 0.756. The van der Waals surface area contributed by atoms with E-state index in [9.17, 15) is 0 Å². The lowest BCUT2D eigenvalue weighted by Gasteiger charge is -2.11. The average Bonchev–Trinajstić information content (AvgIpc) is 2.93. The molecule has 0 aliphatic rings. The third-order valence-electron chi connectivity index (χ3n) is 2.78. The fourth-order valence-corrected chi connectivity index (χ4v) is 3.34. The zero-order valence-corrected chi connectivity index (χ0v) is 12.3. The Labute approximate surface area is 118 Å². The molecule has 0 radical (unpaired) electrons. The highest BCUT2D eigenvalue weighted by Gasteiger charge is 2.04. The summed E-state index contributed by atoms with van der Waals surface area (Å²) in [5, 5.41) is 5.70. The van der Waals surface area contributed by atoms with Crippen molar-refractivity contribution in [1.82, 2.24) is 5.32 Å². The van der Waals surface area contributed by atoms with Gasteiger partial charge in [0.05, 0.1) is 0 Å². The predicted octanol–water partition coefficient (Wildman–Crippen LogP) is 4.33. The standard InChI is InChI=1S/C15H19NS2/c1-13(15-8-5-10-18-15)16-9-11-17-12-14-6-3-2-4-7-14/h2-8,10,13,16H,9,11-12H2,1H3. The first-order valence-electron chi connectivity index (χ1n) is 6.25. The number of nitrogens with one attached hydrogen (secondary N) is 1. The number of rotatable bonds is 7. The van der Waals surface area contributed by atoms with E-state index in [0.717, 1.165) is 18.1 Å². The van der Waals surface area contributed by atoms with E-state index in [4.69, 9.17) is 0 Å². The second-order valence-corrected chi connectivity index (χ2v) is 6.31. The van der Waals surface area contributed by atoms with Crippen LogP contribution in [0.15, 0.2) is 47.8 Å². The van der Waals surface area contributed by atoms with Crippen LogP contribution in [0.4, 0.5) is 0 Å². The van der Waals surface area contributed by atoms with E-state index in [1.165, 1.54) is 10.4 Å². The van der Waals surface area contributed by atoms with Gasteiger partial charge in [-0.2, -0.15) is 11.8 Å². The Hall–Kier alpha value is -0.770. The van der Waals surface area contributed by atoms with Crippen LogP contribution >= 0.6 is 23.1 Å². The fraction of sp³-hybridized carbons (Fsp3) is 0.333. The minimum atomic E-state index is 0.474. The van der Waals surface area contributed by atoms with Gasteiger partial charge in [0, 0.05) is 29.0 Å². The Morgan fingerprint density at radius 1 is 1.17 bits per heavy atom. The van der Waals surface area contributed by atoms with Gasteiger partial charge in [0.2, 0.25) is 0 Å². The van der Waals surface area contributed by atoms with Crippen molar-refractivity contribution in [2.45, 2.75) is 18.7 Å². The zero-order valence-electron chi connectivity index (χ0n) is 10.6. The molecule has 2 rings (SSSR count). The highest BCUT2D eigenvalue weighted by Crippen LogP contribution is 2.18. The van der Waals surface area contributed by atoms with Gasteiger partial charge in [-0.3, -0.25) is 0 Å². The SMILES string of the molecule is CC(NCCSCc1ccccc1)c1cccs1. The van der Waals surface area contributed by atoms with Gasteiger partial charge in [0.25, 0.3) is 0 Å². The molecule has 0 saturated carbocycles. The highest BCUT2D eigenvalue weighted by atomic mass is 32.2. The maximum absolute atomic E-state index is 3.56. The Morgan fingerprint density at radius 2 is 2.00 bits per heavy atom. The van der Waals surface area contributed by atoms with Gasteiger partial charge >= 0.3 is 0 Å². The molecule has 0 spiro atoms. The van der Waals surface area contributed by atoms with E-state index >= 15 is 0 Å². The molecule has 0 fully saturated rings. The van der Waals surface area contributed by atoms with Crippen LogP contribution in [0.25, 0.3) is 0 Å².